The van der Waals surface area contributed by atoms with Gasteiger partial charge in [-0.15, -0.1) is 0 Å². The minimum atomic E-state index is 0.271. The summed E-state index contributed by atoms with van der Waals surface area (Å²) in [4.78, 5) is 0. The Morgan fingerprint density at radius 2 is 1.95 bits per heavy atom. The van der Waals surface area contributed by atoms with Crippen LogP contribution in [0.25, 0.3) is 0 Å². The van der Waals surface area contributed by atoms with Crippen LogP contribution in [0.2, 0.25) is 0 Å². The van der Waals surface area contributed by atoms with E-state index < -0.39 is 0 Å². The molecule has 3 unspecified atom stereocenters. The van der Waals surface area contributed by atoms with Gasteiger partial charge in [-0.05, 0) is 25.2 Å². The van der Waals surface area contributed by atoms with Crippen molar-refractivity contribution in [3.05, 3.63) is 23.8 Å². The molecule has 0 aromatic heterocycles. The Morgan fingerprint density at radius 1 is 1.20 bits per heavy atom. The highest BCUT2D eigenvalue weighted by Crippen LogP contribution is 2.41. The molecular formula is C15H23NO2S2. The highest BCUT2D eigenvalue weighted by molar-refractivity contribution is 8.07. The van der Waals surface area contributed by atoms with E-state index in [1.54, 1.807) is 14.2 Å². The van der Waals surface area contributed by atoms with E-state index in [-0.39, 0.29) is 6.04 Å². The lowest BCUT2D eigenvalue weighted by molar-refractivity contribution is 0.390. The molecule has 0 bridgehead atoms. The van der Waals surface area contributed by atoms with Gasteiger partial charge in [-0.3, -0.25) is 0 Å². The quantitative estimate of drug-likeness (QED) is 0.902. The molecule has 1 N–H and O–H groups in total. The number of ether oxygens (including phenoxy) is 2. The smallest absolute Gasteiger partial charge is 0.123 e. The standard InChI is InChI=1S/C15H23NO2S2/c1-10-15(20-8-7-19-10)14(16-2)12-9-11(17-3)5-6-13(12)18-4/h5-6,9-10,14-16H,7-8H2,1-4H3. The minimum absolute atomic E-state index is 0.271. The van der Waals surface area contributed by atoms with E-state index in [9.17, 15) is 0 Å². The Bertz CT molecular complexity index is 442. The fourth-order valence-corrected chi connectivity index (χ4v) is 5.57. The van der Waals surface area contributed by atoms with Crippen molar-refractivity contribution in [1.82, 2.24) is 5.32 Å². The molecule has 1 fully saturated rings. The van der Waals surface area contributed by atoms with Crippen molar-refractivity contribution < 1.29 is 9.47 Å². The van der Waals surface area contributed by atoms with E-state index in [2.05, 4.69) is 41.8 Å². The molecule has 1 aliphatic heterocycles. The van der Waals surface area contributed by atoms with Gasteiger partial charge in [0.25, 0.3) is 0 Å². The zero-order valence-corrected chi connectivity index (χ0v) is 14.1. The zero-order chi connectivity index (χ0) is 14.5. The van der Waals surface area contributed by atoms with Crippen molar-refractivity contribution in [2.24, 2.45) is 0 Å². The zero-order valence-electron chi connectivity index (χ0n) is 12.5. The molecule has 3 nitrogen and oxygen atoms in total. The number of thioether (sulfide) groups is 2. The summed E-state index contributed by atoms with van der Waals surface area (Å²) >= 11 is 4.11. The molecule has 1 aliphatic rings. The van der Waals surface area contributed by atoms with Crippen LogP contribution in [0, 0.1) is 0 Å². The van der Waals surface area contributed by atoms with Crippen LogP contribution in [0.15, 0.2) is 18.2 Å². The third-order valence-corrected chi connectivity index (χ3v) is 6.84. The van der Waals surface area contributed by atoms with E-state index in [0.717, 1.165) is 11.5 Å². The SMILES string of the molecule is CNC(c1cc(OC)ccc1OC)C1SCCSC1C. The number of benzene rings is 1. The van der Waals surface area contributed by atoms with Crippen LogP contribution in [0.1, 0.15) is 18.5 Å². The lowest BCUT2D eigenvalue weighted by Crippen LogP contribution is -2.36. The monoisotopic (exact) mass is 313 g/mol. The van der Waals surface area contributed by atoms with Gasteiger partial charge < -0.3 is 14.8 Å². The maximum Gasteiger partial charge on any atom is 0.123 e. The molecule has 1 saturated heterocycles. The van der Waals surface area contributed by atoms with Crippen molar-refractivity contribution >= 4 is 23.5 Å². The largest absolute Gasteiger partial charge is 0.497 e. The van der Waals surface area contributed by atoms with Crippen molar-refractivity contribution in [3.8, 4) is 11.5 Å². The average molecular weight is 313 g/mol. The highest BCUT2D eigenvalue weighted by atomic mass is 32.2. The average Bonchev–Trinajstić information content (AvgIpc) is 2.49. The molecule has 0 spiro atoms. The molecule has 20 heavy (non-hydrogen) atoms. The summed E-state index contributed by atoms with van der Waals surface area (Å²) < 4.78 is 10.9. The summed E-state index contributed by atoms with van der Waals surface area (Å²) in [6.45, 7) is 2.32. The van der Waals surface area contributed by atoms with Crippen LogP contribution in [-0.4, -0.2) is 43.3 Å². The molecule has 1 aromatic rings. The van der Waals surface area contributed by atoms with Crippen LogP contribution >= 0.6 is 23.5 Å². The van der Waals surface area contributed by atoms with Crippen molar-refractivity contribution in [2.45, 2.75) is 23.5 Å². The fourth-order valence-electron chi connectivity index (χ4n) is 2.59. The summed E-state index contributed by atoms with van der Waals surface area (Å²) in [6.07, 6.45) is 0. The van der Waals surface area contributed by atoms with Gasteiger partial charge in [0.05, 0.1) is 14.2 Å². The predicted molar refractivity (Wildman–Crippen MR) is 89.5 cm³/mol. The predicted octanol–water partition coefficient (Wildman–Crippen LogP) is 3.20. The highest BCUT2D eigenvalue weighted by Gasteiger charge is 2.32. The molecule has 3 atom stereocenters. The summed E-state index contributed by atoms with van der Waals surface area (Å²) in [6, 6.07) is 6.30. The maximum atomic E-state index is 5.54. The van der Waals surface area contributed by atoms with Crippen LogP contribution in [0.4, 0.5) is 0 Å². The van der Waals surface area contributed by atoms with Gasteiger partial charge in [-0.25, -0.2) is 0 Å². The van der Waals surface area contributed by atoms with Crippen molar-refractivity contribution in [1.29, 1.82) is 0 Å². The second-order valence-electron chi connectivity index (χ2n) is 4.79. The van der Waals surface area contributed by atoms with Crippen molar-refractivity contribution in [3.63, 3.8) is 0 Å². The summed E-state index contributed by atoms with van der Waals surface area (Å²) in [5.74, 6) is 4.26. The summed E-state index contributed by atoms with van der Waals surface area (Å²) in [7, 11) is 5.45. The van der Waals surface area contributed by atoms with E-state index in [0.29, 0.717) is 10.5 Å². The van der Waals surface area contributed by atoms with Crippen LogP contribution in [0.3, 0.4) is 0 Å². The molecular weight excluding hydrogens is 290 g/mol. The Morgan fingerprint density at radius 3 is 2.55 bits per heavy atom. The molecule has 1 aromatic carbocycles. The van der Waals surface area contributed by atoms with E-state index in [1.807, 2.05) is 19.2 Å². The second kappa shape index (κ2) is 7.48. The van der Waals surface area contributed by atoms with E-state index >= 15 is 0 Å². The molecule has 0 aliphatic carbocycles. The third-order valence-electron chi connectivity index (χ3n) is 3.65. The second-order valence-corrected chi connectivity index (χ2v) is 7.56. The molecule has 5 heteroatoms. The summed E-state index contributed by atoms with van der Waals surface area (Å²) in [5.41, 5.74) is 1.18. The van der Waals surface area contributed by atoms with Gasteiger partial charge in [-0.1, -0.05) is 6.92 Å². The normalized spacial score (nSPS) is 24.2. The summed E-state index contributed by atoms with van der Waals surface area (Å²) in [5, 5.41) is 4.64. The van der Waals surface area contributed by atoms with Crippen molar-refractivity contribution in [2.75, 3.05) is 32.8 Å². The van der Waals surface area contributed by atoms with E-state index in [1.165, 1.54) is 17.1 Å². The number of hydrogen-bond donors (Lipinski definition) is 1. The maximum absolute atomic E-state index is 5.54. The third kappa shape index (κ3) is 3.38. The molecule has 0 saturated carbocycles. The van der Waals surface area contributed by atoms with E-state index in [4.69, 9.17) is 9.47 Å². The van der Waals surface area contributed by atoms with Gasteiger partial charge >= 0.3 is 0 Å². The van der Waals surface area contributed by atoms with Crippen LogP contribution < -0.4 is 14.8 Å². The first-order chi connectivity index (χ1) is 9.71. The van der Waals surface area contributed by atoms with Gasteiger partial charge in [-0.2, -0.15) is 23.5 Å². The Kier molecular flexibility index (Phi) is 5.93. The fraction of sp³-hybridized carbons (Fsp3) is 0.600. The minimum Gasteiger partial charge on any atom is -0.497 e. The van der Waals surface area contributed by atoms with Gasteiger partial charge in [0.2, 0.25) is 0 Å². The molecule has 1 heterocycles. The molecule has 0 radical (unpaired) electrons. The Balaban J connectivity index is 2.34. The Hall–Kier alpha value is -0.520. The van der Waals surface area contributed by atoms with Gasteiger partial charge in [0.1, 0.15) is 11.5 Å². The number of rotatable bonds is 5. The number of nitrogens with one attached hydrogen (secondary N) is 1. The molecule has 0 amide bonds. The lowest BCUT2D eigenvalue weighted by atomic mass is 10.00. The van der Waals surface area contributed by atoms with Gasteiger partial charge in [0, 0.05) is 33.6 Å². The van der Waals surface area contributed by atoms with Gasteiger partial charge in [0.15, 0.2) is 0 Å². The van der Waals surface area contributed by atoms with Crippen LogP contribution in [-0.2, 0) is 0 Å². The Labute approximate surface area is 130 Å². The lowest BCUT2D eigenvalue weighted by Gasteiger charge is -2.35. The topological polar surface area (TPSA) is 30.5 Å². The first-order valence-electron chi connectivity index (χ1n) is 6.83. The van der Waals surface area contributed by atoms with Crippen LogP contribution in [0.5, 0.6) is 11.5 Å². The molecule has 2 rings (SSSR count). The first kappa shape index (κ1) is 15.9. The molecule has 112 valence electrons. The number of methoxy groups -OCH3 is 2. The number of hydrogen-bond acceptors (Lipinski definition) is 5. The first-order valence-corrected chi connectivity index (χ1v) is 8.93.